The van der Waals surface area contributed by atoms with Crippen molar-refractivity contribution in [2.75, 3.05) is 12.4 Å². The van der Waals surface area contributed by atoms with Crippen molar-refractivity contribution < 1.29 is 13.9 Å². The highest BCUT2D eigenvalue weighted by Crippen LogP contribution is 2.64. The summed E-state index contributed by atoms with van der Waals surface area (Å²) in [6.45, 7) is 0. The molecule has 3 nitrogen and oxygen atoms in total. The zero-order valence-electron chi connectivity index (χ0n) is 15.0. The number of anilines is 1. The second kappa shape index (κ2) is 6.33. The van der Waals surface area contributed by atoms with Crippen molar-refractivity contribution in [3.05, 3.63) is 63.4 Å². The van der Waals surface area contributed by atoms with Gasteiger partial charge in [-0.1, -0.05) is 28.1 Å². The highest BCUT2D eigenvalue weighted by molar-refractivity contribution is 9.10. The summed E-state index contributed by atoms with van der Waals surface area (Å²) in [5.74, 6) is 1.65. The highest BCUT2D eigenvalue weighted by Gasteiger charge is 2.54. The van der Waals surface area contributed by atoms with E-state index < -0.39 is 0 Å². The van der Waals surface area contributed by atoms with E-state index in [2.05, 4.69) is 27.3 Å². The molecule has 2 aliphatic carbocycles. The Morgan fingerprint density at radius 1 is 1.19 bits per heavy atom. The Hall–Kier alpha value is -1.88. The van der Waals surface area contributed by atoms with Gasteiger partial charge in [-0.15, -0.1) is 0 Å². The molecule has 2 aromatic carbocycles. The Bertz CT molecular complexity index is 913. The lowest BCUT2D eigenvalue weighted by atomic mass is 9.68. The predicted octanol–water partition coefficient (Wildman–Crippen LogP) is 5.67. The topological polar surface area (TPSA) is 38.3 Å². The molecule has 3 aliphatic rings. The number of halogens is 2. The average molecular weight is 430 g/mol. The molecule has 1 aliphatic heterocycles. The summed E-state index contributed by atoms with van der Waals surface area (Å²) in [5, 5.41) is 3.52. The molecule has 0 saturated heterocycles. The number of carbonyl (C=O) groups excluding carboxylic acids is 1. The van der Waals surface area contributed by atoms with Crippen molar-refractivity contribution in [2.45, 2.75) is 31.2 Å². The van der Waals surface area contributed by atoms with E-state index in [4.69, 9.17) is 4.74 Å². The van der Waals surface area contributed by atoms with Crippen LogP contribution in [0.2, 0.25) is 0 Å². The Balaban J connectivity index is 1.58. The Kier molecular flexibility index (Phi) is 4.04. The second-order valence-corrected chi connectivity index (χ2v) is 8.94. The predicted molar refractivity (Wildman–Crippen MR) is 105 cm³/mol. The highest BCUT2D eigenvalue weighted by atomic mass is 79.9. The average Bonchev–Trinajstić information content (AvgIpc) is 3.29. The molecule has 0 spiro atoms. The number of hydrogen-bond acceptors (Lipinski definition) is 3. The van der Waals surface area contributed by atoms with Gasteiger partial charge < -0.3 is 10.1 Å². The summed E-state index contributed by atoms with van der Waals surface area (Å²) in [5.41, 5.74) is 3.42. The molecule has 0 amide bonds. The number of ether oxygens (including phenoxy) is 1. The van der Waals surface area contributed by atoms with Crippen molar-refractivity contribution in [3.8, 4) is 0 Å². The molecule has 0 unspecified atom stereocenters. The fourth-order valence-corrected chi connectivity index (χ4v) is 6.23. The van der Waals surface area contributed by atoms with Crippen molar-refractivity contribution >= 4 is 27.6 Å². The van der Waals surface area contributed by atoms with Gasteiger partial charge in [-0.2, -0.15) is 0 Å². The van der Waals surface area contributed by atoms with E-state index in [0.717, 1.165) is 15.6 Å². The molecule has 0 aromatic heterocycles. The van der Waals surface area contributed by atoms with Gasteiger partial charge in [-0.25, -0.2) is 9.18 Å². The van der Waals surface area contributed by atoms with Gasteiger partial charge in [0, 0.05) is 4.47 Å². The van der Waals surface area contributed by atoms with Crippen LogP contribution in [0.4, 0.5) is 10.1 Å². The van der Waals surface area contributed by atoms with Gasteiger partial charge >= 0.3 is 5.97 Å². The first-order chi connectivity index (χ1) is 13.1. The monoisotopic (exact) mass is 429 g/mol. The quantitative estimate of drug-likeness (QED) is 0.624. The van der Waals surface area contributed by atoms with Gasteiger partial charge in [0.2, 0.25) is 0 Å². The lowest BCUT2D eigenvalue weighted by Gasteiger charge is -2.43. The standard InChI is InChI=1S/C22H21BrFNO2/c1-27-22(26)12-4-2-11(3-5-12)20-19-14-7-6-13(8-14)18(19)16-9-15(23)10-17(24)21(16)25-20/h2-5,9-10,13-14,18-20,25H,6-8H2,1H3/t13-,14-,18-,19-,20-/m0/s1. The Morgan fingerprint density at radius 3 is 2.67 bits per heavy atom. The van der Waals surface area contributed by atoms with E-state index >= 15 is 0 Å². The van der Waals surface area contributed by atoms with E-state index in [1.807, 2.05) is 12.1 Å². The molecule has 2 bridgehead atoms. The zero-order chi connectivity index (χ0) is 18.7. The van der Waals surface area contributed by atoms with Gasteiger partial charge in [-0.05, 0) is 78.3 Å². The number of benzene rings is 2. The zero-order valence-corrected chi connectivity index (χ0v) is 16.6. The molecule has 2 aromatic rings. The van der Waals surface area contributed by atoms with Gasteiger partial charge in [0.05, 0.1) is 24.4 Å². The number of rotatable bonds is 2. The van der Waals surface area contributed by atoms with E-state index in [1.165, 1.54) is 32.4 Å². The SMILES string of the molecule is COC(=O)c1ccc([C@@H]2Nc3c(F)cc(Br)cc3[C@@H]3[C@H]4CC[C@@H](C4)[C@@H]32)cc1. The summed E-state index contributed by atoms with van der Waals surface area (Å²) in [6.07, 6.45) is 3.74. The molecule has 0 radical (unpaired) electrons. The van der Waals surface area contributed by atoms with Crippen LogP contribution in [0.1, 0.15) is 52.7 Å². The molecule has 2 saturated carbocycles. The van der Waals surface area contributed by atoms with Crippen LogP contribution < -0.4 is 5.32 Å². The molecule has 2 fully saturated rings. The molecule has 1 N–H and O–H groups in total. The number of esters is 1. The van der Waals surface area contributed by atoms with Crippen LogP contribution in [-0.4, -0.2) is 13.1 Å². The summed E-state index contributed by atoms with van der Waals surface area (Å²) < 4.78 is 20.4. The molecule has 140 valence electrons. The largest absolute Gasteiger partial charge is 0.465 e. The van der Waals surface area contributed by atoms with Gasteiger partial charge in [0.15, 0.2) is 0 Å². The molecule has 5 rings (SSSR count). The third kappa shape index (κ3) is 2.62. The van der Waals surface area contributed by atoms with E-state index in [9.17, 15) is 9.18 Å². The Labute approximate surface area is 166 Å². The number of carbonyl (C=O) groups is 1. The van der Waals surface area contributed by atoms with E-state index in [-0.39, 0.29) is 17.8 Å². The van der Waals surface area contributed by atoms with Gasteiger partial charge in [-0.3, -0.25) is 0 Å². The molecular formula is C22H21BrFNO2. The smallest absolute Gasteiger partial charge is 0.337 e. The van der Waals surface area contributed by atoms with Crippen LogP contribution in [0.25, 0.3) is 0 Å². The number of fused-ring (bicyclic) bond motifs is 7. The third-order valence-electron chi connectivity index (χ3n) is 6.80. The maximum atomic E-state index is 14.8. The fraction of sp³-hybridized carbons (Fsp3) is 0.409. The first-order valence-electron chi connectivity index (χ1n) is 9.50. The minimum absolute atomic E-state index is 0.0696. The van der Waals surface area contributed by atoms with Crippen molar-refractivity contribution in [1.29, 1.82) is 0 Å². The summed E-state index contributed by atoms with van der Waals surface area (Å²) in [7, 11) is 1.39. The lowest BCUT2D eigenvalue weighted by molar-refractivity contribution is 0.0600. The maximum absolute atomic E-state index is 14.8. The minimum Gasteiger partial charge on any atom is -0.465 e. The first-order valence-corrected chi connectivity index (χ1v) is 10.3. The summed E-state index contributed by atoms with van der Waals surface area (Å²) in [4.78, 5) is 11.7. The number of hydrogen-bond donors (Lipinski definition) is 1. The normalized spacial score (nSPS) is 30.4. The summed E-state index contributed by atoms with van der Waals surface area (Å²) >= 11 is 3.47. The lowest BCUT2D eigenvalue weighted by Crippen LogP contribution is -2.36. The molecule has 5 atom stereocenters. The molecular weight excluding hydrogens is 409 g/mol. The van der Waals surface area contributed by atoms with E-state index in [1.54, 1.807) is 12.1 Å². The number of nitrogens with one attached hydrogen (secondary N) is 1. The number of methoxy groups -OCH3 is 1. The third-order valence-corrected chi connectivity index (χ3v) is 7.26. The second-order valence-electron chi connectivity index (χ2n) is 8.02. The summed E-state index contributed by atoms with van der Waals surface area (Å²) in [6, 6.07) is 11.3. The van der Waals surface area contributed by atoms with Crippen LogP contribution in [0.5, 0.6) is 0 Å². The van der Waals surface area contributed by atoms with Gasteiger partial charge in [0.25, 0.3) is 0 Å². The van der Waals surface area contributed by atoms with Crippen LogP contribution in [0, 0.1) is 23.6 Å². The maximum Gasteiger partial charge on any atom is 0.337 e. The van der Waals surface area contributed by atoms with Crippen LogP contribution in [0.15, 0.2) is 40.9 Å². The minimum atomic E-state index is -0.336. The van der Waals surface area contributed by atoms with Crippen molar-refractivity contribution in [3.63, 3.8) is 0 Å². The van der Waals surface area contributed by atoms with Gasteiger partial charge in [0.1, 0.15) is 5.82 Å². The molecule has 1 heterocycles. The van der Waals surface area contributed by atoms with Crippen molar-refractivity contribution in [1.82, 2.24) is 0 Å². The fourth-order valence-electron chi connectivity index (χ4n) is 5.79. The van der Waals surface area contributed by atoms with Crippen LogP contribution in [-0.2, 0) is 4.74 Å². The van der Waals surface area contributed by atoms with E-state index in [0.29, 0.717) is 34.9 Å². The van der Waals surface area contributed by atoms with Crippen LogP contribution in [0.3, 0.4) is 0 Å². The Morgan fingerprint density at radius 2 is 1.93 bits per heavy atom. The first kappa shape index (κ1) is 17.2. The molecule has 27 heavy (non-hydrogen) atoms. The molecule has 5 heteroatoms. The van der Waals surface area contributed by atoms with Crippen LogP contribution >= 0.6 is 15.9 Å². The van der Waals surface area contributed by atoms with Crippen molar-refractivity contribution in [2.24, 2.45) is 17.8 Å².